The van der Waals surface area contributed by atoms with Crippen molar-refractivity contribution in [3.8, 4) is 11.5 Å². The number of rotatable bonds is 2. The lowest BCUT2D eigenvalue weighted by Gasteiger charge is -2.43. The average molecular weight is 277 g/mol. The predicted molar refractivity (Wildman–Crippen MR) is 77.3 cm³/mol. The van der Waals surface area contributed by atoms with Gasteiger partial charge in [0.1, 0.15) is 24.2 Å². The maximum absolute atomic E-state index is 10.7. The van der Waals surface area contributed by atoms with Crippen molar-refractivity contribution in [2.75, 3.05) is 20.3 Å². The molecule has 1 fully saturated rings. The highest BCUT2D eigenvalue weighted by molar-refractivity contribution is 5.43. The van der Waals surface area contributed by atoms with E-state index in [-0.39, 0.29) is 6.04 Å². The minimum Gasteiger partial charge on any atom is -0.497 e. The van der Waals surface area contributed by atoms with E-state index in [4.69, 9.17) is 9.47 Å². The Kier molecular flexibility index (Phi) is 3.85. The maximum Gasteiger partial charge on any atom is 0.125 e. The summed E-state index contributed by atoms with van der Waals surface area (Å²) in [5.41, 5.74) is 0.846. The fraction of sp³-hybridized carbons (Fsp3) is 0.625. The normalized spacial score (nSPS) is 30.4. The molecular formula is C16H23NO3. The van der Waals surface area contributed by atoms with Crippen molar-refractivity contribution in [1.29, 1.82) is 0 Å². The standard InChI is InChI=1S/C16H23NO3/c1-11-5-3-4-8-17(11)14-10-20-15-7-6-12(19-2)9-13(15)16(14)18/h6-7,9,11,14,16,18H,3-5,8,10H2,1-2H3. The van der Waals surface area contributed by atoms with E-state index in [0.717, 1.165) is 23.6 Å². The largest absolute Gasteiger partial charge is 0.497 e. The van der Waals surface area contributed by atoms with E-state index in [1.807, 2.05) is 18.2 Å². The molecule has 110 valence electrons. The van der Waals surface area contributed by atoms with Crippen LogP contribution in [-0.4, -0.2) is 42.4 Å². The number of hydrogen-bond donors (Lipinski definition) is 1. The van der Waals surface area contributed by atoms with E-state index in [1.54, 1.807) is 7.11 Å². The molecule has 0 spiro atoms. The van der Waals surface area contributed by atoms with Gasteiger partial charge in [-0.3, -0.25) is 4.90 Å². The van der Waals surface area contributed by atoms with Gasteiger partial charge >= 0.3 is 0 Å². The summed E-state index contributed by atoms with van der Waals surface area (Å²) in [5, 5.41) is 10.7. The molecule has 0 aromatic heterocycles. The third-order valence-electron chi connectivity index (χ3n) is 4.59. The second kappa shape index (κ2) is 5.62. The SMILES string of the molecule is COc1ccc2c(c1)C(O)C(N1CCCCC1C)CO2. The molecule has 0 amide bonds. The summed E-state index contributed by atoms with van der Waals surface area (Å²) in [7, 11) is 1.64. The first kappa shape index (κ1) is 13.7. The topological polar surface area (TPSA) is 41.9 Å². The van der Waals surface area contributed by atoms with E-state index in [9.17, 15) is 5.11 Å². The van der Waals surface area contributed by atoms with E-state index in [2.05, 4.69) is 11.8 Å². The molecule has 4 heteroatoms. The van der Waals surface area contributed by atoms with Gasteiger partial charge in [0.25, 0.3) is 0 Å². The lowest BCUT2D eigenvalue weighted by molar-refractivity contribution is -0.0247. The minimum atomic E-state index is -0.505. The lowest BCUT2D eigenvalue weighted by atomic mass is 9.93. The number of aliphatic hydroxyl groups is 1. The van der Waals surface area contributed by atoms with Crippen LogP contribution in [0.15, 0.2) is 18.2 Å². The van der Waals surface area contributed by atoms with Gasteiger partial charge in [-0.1, -0.05) is 6.42 Å². The summed E-state index contributed by atoms with van der Waals surface area (Å²) in [4.78, 5) is 2.40. The molecule has 0 bridgehead atoms. The number of fused-ring (bicyclic) bond motifs is 1. The molecular weight excluding hydrogens is 254 g/mol. The zero-order valence-corrected chi connectivity index (χ0v) is 12.2. The van der Waals surface area contributed by atoms with Gasteiger partial charge in [0.05, 0.1) is 13.2 Å². The molecule has 3 atom stereocenters. The molecule has 3 unspecified atom stereocenters. The van der Waals surface area contributed by atoms with Gasteiger partial charge in [0.15, 0.2) is 0 Å². The summed E-state index contributed by atoms with van der Waals surface area (Å²) >= 11 is 0. The van der Waals surface area contributed by atoms with Crippen molar-refractivity contribution in [3.05, 3.63) is 23.8 Å². The first-order valence-corrected chi connectivity index (χ1v) is 7.45. The first-order valence-electron chi connectivity index (χ1n) is 7.45. The van der Waals surface area contributed by atoms with Crippen molar-refractivity contribution in [3.63, 3.8) is 0 Å². The number of benzene rings is 1. The van der Waals surface area contributed by atoms with Crippen LogP contribution in [0.4, 0.5) is 0 Å². The van der Waals surface area contributed by atoms with Crippen molar-refractivity contribution in [2.45, 2.75) is 44.4 Å². The van der Waals surface area contributed by atoms with Crippen LogP contribution in [0.2, 0.25) is 0 Å². The zero-order valence-electron chi connectivity index (χ0n) is 12.2. The molecule has 2 aliphatic heterocycles. The molecule has 0 saturated carbocycles. The molecule has 0 aliphatic carbocycles. The highest BCUT2D eigenvalue weighted by Gasteiger charge is 2.36. The Bertz CT molecular complexity index is 477. The van der Waals surface area contributed by atoms with Crippen LogP contribution in [0.5, 0.6) is 11.5 Å². The smallest absolute Gasteiger partial charge is 0.125 e. The Morgan fingerprint density at radius 3 is 2.95 bits per heavy atom. The first-order chi connectivity index (χ1) is 9.70. The second-order valence-electron chi connectivity index (χ2n) is 5.81. The summed E-state index contributed by atoms with van der Waals surface area (Å²) in [6.07, 6.45) is 3.19. The van der Waals surface area contributed by atoms with E-state index >= 15 is 0 Å². The number of aliphatic hydroxyl groups excluding tert-OH is 1. The van der Waals surface area contributed by atoms with Crippen molar-refractivity contribution >= 4 is 0 Å². The Hall–Kier alpha value is -1.26. The van der Waals surface area contributed by atoms with Crippen molar-refractivity contribution in [2.24, 2.45) is 0 Å². The third-order valence-corrected chi connectivity index (χ3v) is 4.59. The van der Waals surface area contributed by atoms with Crippen LogP contribution >= 0.6 is 0 Å². The van der Waals surface area contributed by atoms with Gasteiger partial charge < -0.3 is 14.6 Å². The summed E-state index contributed by atoms with van der Waals surface area (Å²) < 4.78 is 11.1. The van der Waals surface area contributed by atoms with E-state index < -0.39 is 6.10 Å². The van der Waals surface area contributed by atoms with Gasteiger partial charge in [-0.15, -0.1) is 0 Å². The lowest BCUT2D eigenvalue weighted by Crippen LogP contribution is -2.51. The molecule has 2 heterocycles. The fourth-order valence-corrected chi connectivity index (χ4v) is 3.38. The van der Waals surface area contributed by atoms with Gasteiger partial charge in [0.2, 0.25) is 0 Å². The molecule has 0 radical (unpaired) electrons. The van der Waals surface area contributed by atoms with Gasteiger partial charge in [0, 0.05) is 11.6 Å². The van der Waals surface area contributed by atoms with Crippen LogP contribution in [0, 0.1) is 0 Å². The Morgan fingerprint density at radius 2 is 2.20 bits per heavy atom. The molecule has 1 aromatic carbocycles. The minimum absolute atomic E-state index is 0.0462. The van der Waals surface area contributed by atoms with Crippen molar-refractivity contribution < 1.29 is 14.6 Å². The molecule has 1 aromatic rings. The fourth-order valence-electron chi connectivity index (χ4n) is 3.38. The average Bonchev–Trinajstić information content (AvgIpc) is 2.48. The monoisotopic (exact) mass is 277 g/mol. The molecule has 2 aliphatic rings. The van der Waals surface area contributed by atoms with Crippen LogP contribution in [0.25, 0.3) is 0 Å². The van der Waals surface area contributed by atoms with Crippen LogP contribution in [0.3, 0.4) is 0 Å². The van der Waals surface area contributed by atoms with Gasteiger partial charge in [-0.05, 0) is 44.5 Å². The number of likely N-dealkylation sites (tertiary alicyclic amines) is 1. The number of nitrogens with zero attached hydrogens (tertiary/aromatic N) is 1. The molecule has 1 N–H and O–H groups in total. The van der Waals surface area contributed by atoms with E-state index in [0.29, 0.717) is 12.6 Å². The summed E-state index contributed by atoms with van der Waals surface area (Å²) in [5.74, 6) is 1.54. The molecule has 1 saturated heterocycles. The predicted octanol–water partition coefficient (Wildman–Crippen LogP) is 2.36. The maximum atomic E-state index is 10.7. The third kappa shape index (κ3) is 2.38. The number of piperidine rings is 1. The summed E-state index contributed by atoms with van der Waals surface area (Å²) in [6.45, 7) is 3.85. The number of methoxy groups -OCH3 is 1. The van der Waals surface area contributed by atoms with E-state index in [1.165, 1.54) is 19.3 Å². The highest BCUT2D eigenvalue weighted by Crippen LogP contribution is 2.38. The highest BCUT2D eigenvalue weighted by atomic mass is 16.5. The number of ether oxygens (including phenoxy) is 2. The van der Waals surface area contributed by atoms with Gasteiger partial charge in [-0.2, -0.15) is 0 Å². The van der Waals surface area contributed by atoms with Crippen LogP contribution in [0.1, 0.15) is 37.9 Å². The quantitative estimate of drug-likeness (QED) is 0.901. The number of hydrogen-bond acceptors (Lipinski definition) is 4. The second-order valence-corrected chi connectivity index (χ2v) is 5.81. The Morgan fingerprint density at radius 1 is 1.35 bits per heavy atom. The van der Waals surface area contributed by atoms with Crippen LogP contribution in [-0.2, 0) is 0 Å². The molecule has 20 heavy (non-hydrogen) atoms. The molecule has 4 nitrogen and oxygen atoms in total. The molecule has 3 rings (SSSR count). The van der Waals surface area contributed by atoms with Gasteiger partial charge in [-0.25, -0.2) is 0 Å². The zero-order chi connectivity index (χ0) is 14.1. The van der Waals surface area contributed by atoms with Crippen molar-refractivity contribution in [1.82, 2.24) is 4.90 Å². The Labute approximate surface area is 120 Å². The Balaban J connectivity index is 1.85. The van der Waals surface area contributed by atoms with Crippen LogP contribution < -0.4 is 9.47 Å². The summed E-state index contributed by atoms with van der Waals surface area (Å²) in [6, 6.07) is 6.20.